The summed E-state index contributed by atoms with van der Waals surface area (Å²) in [6.45, 7) is 5.56. The van der Waals surface area contributed by atoms with E-state index in [0.717, 1.165) is 19.6 Å². The van der Waals surface area contributed by atoms with Gasteiger partial charge in [0.1, 0.15) is 0 Å². The molecule has 0 spiro atoms. The molecule has 17 heavy (non-hydrogen) atoms. The molecule has 0 radical (unpaired) electrons. The number of rotatable bonds is 6. The Kier molecular flexibility index (Phi) is 5.02. The van der Waals surface area contributed by atoms with E-state index in [1.54, 1.807) is 0 Å². The summed E-state index contributed by atoms with van der Waals surface area (Å²) in [4.78, 5) is 0. The van der Waals surface area contributed by atoms with E-state index in [2.05, 4.69) is 41.8 Å². The first-order chi connectivity index (χ1) is 8.42. The van der Waals surface area contributed by atoms with Gasteiger partial charge in [-0.05, 0) is 37.1 Å². The van der Waals surface area contributed by atoms with Gasteiger partial charge in [0.2, 0.25) is 0 Å². The molecule has 1 unspecified atom stereocenters. The molecule has 0 bridgehead atoms. The van der Waals surface area contributed by atoms with E-state index in [9.17, 15) is 0 Å². The molecule has 1 heterocycles. The monoisotopic (exact) mass is 232 g/mol. The first-order valence-electron chi connectivity index (χ1n) is 6.93. The summed E-state index contributed by atoms with van der Waals surface area (Å²) in [6, 6.07) is 9.33. The molecule has 2 N–H and O–H groups in total. The lowest BCUT2D eigenvalue weighted by molar-refractivity contribution is 0.463. The Morgan fingerprint density at radius 2 is 2.18 bits per heavy atom. The Labute approximate surface area is 105 Å². The molecule has 0 aliphatic carbocycles. The minimum absolute atomic E-state index is 0.501. The van der Waals surface area contributed by atoms with Crippen molar-refractivity contribution in [3.05, 3.63) is 35.4 Å². The van der Waals surface area contributed by atoms with Crippen molar-refractivity contribution in [2.45, 2.75) is 38.6 Å². The number of hydrogen-bond acceptors (Lipinski definition) is 2. The normalized spacial score (nSPS) is 19.0. The van der Waals surface area contributed by atoms with Crippen LogP contribution in [-0.2, 0) is 6.42 Å². The van der Waals surface area contributed by atoms with Gasteiger partial charge in [-0.3, -0.25) is 0 Å². The molecule has 1 aromatic carbocycles. The van der Waals surface area contributed by atoms with Crippen molar-refractivity contribution in [2.24, 2.45) is 0 Å². The highest BCUT2D eigenvalue weighted by molar-refractivity contribution is 5.32. The van der Waals surface area contributed by atoms with Crippen molar-refractivity contribution in [1.29, 1.82) is 0 Å². The summed E-state index contributed by atoms with van der Waals surface area (Å²) in [5.74, 6) is 0. The third-order valence-corrected chi connectivity index (χ3v) is 3.52. The molecule has 2 nitrogen and oxygen atoms in total. The first-order valence-corrected chi connectivity index (χ1v) is 6.93. The van der Waals surface area contributed by atoms with Crippen molar-refractivity contribution < 1.29 is 0 Å². The van der Waals surface area contributed by atoms with Crippen molar-refractivity contribution in [3.63, 3.8) is 0 Å². The Balaban J connectivity index is 1.82. The van der Waals surface area contributed by atoms with Crippen molar-refractivity contribution in [1.82, 2.24) is 10.6 Å². The van der Waals surface area contributed by atoms with Gasteiger partial charge in [0.25, 0.3) is 0 Å². The Morgan fingerprint density at radius 1 is 1.29 bits per heavy atom. The Morgan fingerprint density at radius 3 is 3.06 bits per heavy atom. The van der Waals surface area contributed by atoms with E-state index in [4.69, 9.17) is 0 Å². The van der Waals surface area contributed by atoms with Gasteiger partial charge in [0.15, 0.2) is 0 Å². The fourth-order valence-corrected chi connectivity index (χ4v) is 2.52. The van der Waals surface area contributed by atoms with Crippen LogP contribution >= 0.6 is 0 Å². The highest BCUT2D eigenvalue weighted by atomic mass is 15.0. The number of fused-ring (bicyclic) bond motifs is 1. The summed E-state index contributed by atoms with van der Waals surface area (Å²) < 4.78 is 0. The maximum Gasteiger partial charge on any atom is 0.0449 e. The van der Waals surface area contributed by atoms with Crippen LogP contribution in [0.15, 0.2) is 24.3 Å². The van der Waals surface area contributed by atoms with E-state index in [0.29, 0.717) is 6.04 Å². The lowest BCUT2D eigenvalue weighted by atomic mass is 9.94. The average Bonchev–Trinajstić information content (AvgIpc) is 2.39. The molecule has 0 fully saturated rings. The molecular formula is C15H24N2. The second-order valence-electron chi connectivity index (χ2n) is 4.87. The van der Waals surface area contributed by atoms with Crippen LogP contribution in [0.2, 0.25) is 0 Å². The van der Waals surface area contributed by atoms with Crippen LogP contribution in [0.25, 0.3) is 0 Å². The van der Waals surface area contributed by atoms with E-state index in [1.165, 1.54) is 36.8 Å². The third-order valence-electron chi connectivity index (χ3n) is 3.52. The minimum Gasteiger partial charge on any atom is -0.315 e. The van der Waals surface area contributed by atoms with Gasteiger partial charge >= 0.3 is 0 Å². The van der Waals surface area contributed by atoms with Crippen LogP contribution in [0.5, 0.6) is 0 Å². The van der Waals surface area contributed by atoms with E-state index in [1.807, 2.05) is 0 Å². The molecule has 0 saturated heterocycles. The maximum atomic E-state index is 3.60. The largest absolute Gasteiger partial charge is 0.315 e. The zero-order valence-electron chi connectivity index (χ0n) is 10.8. The van der Waals surface area contributed by atoms with Gasteiger partial charge < -0.3 is 10.6 Å². The number of unbranched alkanes of at least 4 members (excludes halogenated alkanes) is 2. The topological polar surface area (TPSA) is 24.1 Å². The second kappa shape index (κ2) is 6.77. The van der Waals surface area contributed by atoms with Gasteiger partial charge in [0, 0.05) is 12.6 Å². The molecule has 1 aliphatic heterocycles. The quantitative estimate of drug-likeness (QED) is 0.737. The van der Waals surface area contributed by atoms with Crippen LogP contribution in [0.4, 0.5) is 0 Å². The van der Waals surface area contributed by atoms with Gasteiger partial charge in [0.05, 0.1) is 0 Å². The summed E-state index contributed by atoms with van der Waals surface area (Å²) >= 11 is 0. The summed E-state index contributed by atoms with van der Waals surface area (Å²) in [6.07, 6.45) is 5.10. The second-order valence-corrected chi connectivity index (χ2v) is 4.87. The highest BCUT2D eigenvalue weighted by Crippen LogP contribution is 2.21. The summed E-state index contributed by atoms with van der Waals surface area (Å²) in [5.41, 5.74) is 3.01. The van der Waals surface area contributed by atoms with Gasteiger partial charge in [-0.15, -0.1) is 0 Å². The predicted molar refractivity (Wildman–Crippen MR) is 73.3 cm³/mol. The summed E-state index contributed by atoms with van der Waals surface area (Å²) in [7, 11) is 0. The lowest BCUT2D eigenvalue weighted by Gasteiger charge is -2.27. The van der Waals surface area contributed by atoms with E-state index >= 15 is 0 Å². The summed E-state index contributed by atoms with van der Waals surface area (Å²) in [5, 5.41) is 7.17. The smallest absolute Gasteiger partial charge is 0.0449 e. The zero-order chi connectivity index (χ0) is 11.9. The SMILES string of the molecule is CCCCCNCC1NCCc2ccccc21. The predicted octanol–water partition coefficient (Wildman–Crippen LogP) is 2.65. The van der Waals surface area contributed by atoms with Crippen LogP contribution in [-0.4, -0.2) is 19.6 Å². The number of nitrogens with one attached hydrogen (secondary N) is 2. The van der Waals surface area contributed by atoms with Crippen LogP contribution < -0.4 is 10.6 Å². The van der Waals surface area contributed by atoms with Gasteiger partial charge in [-0.25, -0.2) is 0 Å². The third kappa shape index (κ3) is 3.55. The maximum absolute atomic E-state index is 3.60. The van der Waals surface area contributed by atoms with Crippen LogP contribution in [0.1, 0.15) is 43.4 Å². The Bertz CT molecular complexity index is 335. The highest BCUT2D eigenvalue weighted by Gasteiger charge is 2.17. The van der Waals surface area contributed by atoms with Gasteiger partial charge in [-0.2, -0.15) is 0 Å². The van der Waals surface area contributed by atoms with E-state index < -0.39 is 0 Å². The molecular weight excluding hydrogens is 208 g/mol. The molecule has 0 amide bonds. The number of hydrogen-bond donors (Lipinski definition) is 2. The van der Waals surface area contributed by atoms with Crippen molar-refractivity contribution in [2.75, 3.05) is 19.6 Å². The standard InChI is InChI=1S/C15H24N2/c1-2-3-6-10-16-12-15-14-8-5-4-7-13(14)9-11-17-15/h4-5,7-8,15-17H,2-3,6,9-12H2,1H3. The van der Waals surface area contributed by atoms with Crippen LogP contribution in [0.3, 0.4) is 0 Å². The van der Waals surface area contributed by atoms with Gasteiger partial charge in [-0.1, -0.05) is 44.0 Å². The molecule has 2 rings (SSSR count). The fraction of sp³-hybridized carbons (Fsp3) is 0.600. The Hall–Kier alpha value is -0.860. The van der Waals surface area contributed by atoms with Crippen molar-refractivity contribution in [3.8, 4) is 0 Å². The molecule has 94 valence electrons. The molecule has 0 saturated carbocycles. The first kappa shape index (κ1) is 12.6. The molecule has 2 heteroatoms. The van der Waals surface area contributed by atoms with E-state index in [-0.39, 0.29) is 0 Å². The number of benzene rings is 1. The van der Waals surface area contributed by atoms with Crippen molar-refractivity contribution >= 4 is 0 Å². The molecule has 1 aromatic rings. The average molecular weight is 232 g/mol. The lowest BCUT2D eigenvalue weighted by Crippen LogP contribution is -2.37. The fourth-order valence-electron chi connectivity index (χ4n) is 2.52. The zero-order valence-corrected chi connectivity index (χ0v) is 10.8. The molecule has 0 aromatic heterocycles. The van der Waals surface area contributed by atoms with Crippen LogP contribution in [0, 0.1) is 0 Å². The molecule has 1 aliphatic rings. The minimum atomic E-state index is 0.501. The molecule has 1 atom stereocenters.